The van der Waals surface area contributed by atoms with Crippen molar-refractivity contribution in [1.82, 2.24) is 10.2 Å². The van der Waals surface area contributed by atoms with Crippen molar-refractivity contribution in [2.75, 3.05) is 6.54 Å². The van der Waals surface area contributed by atoms with E-state index in [2.05, 4.69) is 5.32 Å². The Labute approximate surface area is 107 Å². The molecule has 0 aromatic heterocycles. The summed E-state index contributed by atoms with van der Waals surface area (Å²) in [7, 11) is 0. The summed E-state index contributed by atoms with van der Waals surface area (Å²) in [6.45, 7) is 7.24. The maximum absolute atomic E-state index is 12.3. The number of rotatable bonds is 2. The van der Waals surface area contributed by atoms with Crippen LogP contribution in [-0.2, 0) is 14.4 Å². The third-order valence-electron chi connectivity index (χ3n) is 3.12. The Kier molecular flexibility index (Phi) is 4.11. The molecule has 0 aliphatic carbocycles. The molecule has 0 spiro atoms. The Balaban J connectivity index is 2.94. The van der Waals surface area contributed by atoms with Gasteiger partial charge in [-0.05, 0) is 11.8 Å². The fourth-order valence-corrected chi connectivity index (χ4v) is 1.85. The molecule has 0 radical (unpaired) electrons. The molecule has 18 heavy (non-hydrogen) atoms. The van der Waals surface area contributed by atoms with Crippen molar-refractivity contribution in [2.45, 2.75) is 46.2 Å². The van der Waals surface area contributed by atoms with E-state index in [1.54, 1.807) is 6.92 Å². The number of hydrogen-bond donors (Lipinski definition) is 2. The summed E-state index contributed by atoms with van der Waals surface area (Å²) in [4.78, 5) is 36.6. The Morgan fingerprint density at radius 3 is 2.50 bits per heavy atom. The molecule has 1 rings (SSSR count). The fraction of sp³-hybridized carbons (Fsp3) is 0.750. The first-order valence-corrected chi connectivity index (χ1v) is 6.08. The van der Waals surface area contributed by atoms with Crippen LogP contribution in [0.15, 0.2) is 0 Å². The highest BCUT2D eigenvalue weighted by Gasteiger charge is 2.40. The van der Waals surface area contributed by atoms with E-state index in [4.69, 9.17) is 5.73 Å². The number of carbonyl (C=O) groups excluding carboxylic acids is 3. The number of nitrogens with zero attached hydrogens (tertiary/aromatic N) is 1. The molecule has 2 atom stereocenters. The molecule has 1 aliphatic heterocycles. The summed E-state index contributed by atoms with van der Waals surface area (Å²) in [6, 6.07) is -1.34. The van der Waals surface area contributed by atoms with Gasteiger partial charge in [0, 0.05) is 0 Å². The van der Waals surface area contributed by atoms with Gasteiger partial charge in [-0.1, -0.05) is 27.7 Å². The van der Waals surface area contributed by atoms with Crippen LogP contribution in [0.1, 0.15) is 34.1 Å². The topological polar surface area (TPSA) is 92.5 Å². The largest absolute Gasteiger partial charge is 0.320 e. The van der Waals surface area contributed by atoms with E-state index in [9.17, 15) is 14.4 Å². The van der Waals surface area contributed by atoms with Crippen LogP contribution in [-0.4, -0.2) is 41.2 Å². The summed E-state index contributed by atoms with van der Waals surface area (Å²) in [6.07, 6.45) is 0.460. The van der Waals surface area contributed by atoms with Crippen molar-refractivity contribution >= 4 is 17.7 Å². The van der Waals surface area contributed by atoms with E-state index in [0.717, 1.165) is 0 Å². The summed E-state index contributed by atoms with van der Waals surface area (Å²) in [5, 5.41) is 2.23. The van der Waals surface area contributed by atoms with Gasteiger partial charge in [-0.25, -0.2) is 0 Å². The van der Waals surface area contributed by atoms with Crippen LogP contribution in [0, 0.1) is 5.41 Å². The Morgan fingerprint density at radius 1 is 1.50 bits per heavy atom. The van der Waals surface area contributed by atoms with Gasteiger partial charge >= 0.3 is 0 Å². The number of carbonyl (C=O) groups is 3. The maximum Gasteiger partial charge on any atom is 0.249 e. The molecule has 6 heteroatoms. The van der Waals surface area contributed by atoms with E-state index in [1.807, 2.05) is 20.8 Å². The van der Waals surface area contributed by atoms with E-state index in [1.165, 1.54) is 4.90 Å². The molecule has 0 bridgehead atoms. The van der Waals surface area contributed by atoms with Crippen LogP contribution in [0.2, 0.25) is 0 Å². The smallest absolute Gasteiger partial charge is 0.249 e. The summed E-state index contributed by atoms with van der Waals surface area (Å²) in [5.41, 5.74) is 5.49. The lowest BCUT2D eigenvalue weighted by molar-refractivity contribution is -0.152. The van der Waals surface area contributed by atoms with Crippen molar-refractivity contribution < 1.29 is 14.4 Å². The van der Waals surface area contributed by atoms with Crippen molar-refractivity contribution in [1.29, 1.82) is 0 Å². The SMILES string of the molecule is CCC1C(=O)NC(=O)CN1C(=O)C(N)C(C)(C)C. The minimum atomic E-state index is -0.731. The van der Waals surface area contributed by atoms with Crippen LogP contribution < -0.4 is 11.1 Å². The zero-order valence-electron chi connectivity index (χ0n) is 11.3. The fourth-order valence-electron chi connectivity index (χ4n) is 1.85. The number of piperazine rings is 1. The van der Waals surface area contributed by atoms with E-state index in [0.29, 0.717) is 6.42 Å². The van der Waals surface area contributed by atoms with Gasteiger partial charge in [-0.3, -0.25) is 19.7 Å². The van der Waals surface area contributed by atoms with Crippen molar-refractivity contribution in [3.05, 3.63) is 0 Å². The van der Waals surface area contributed by atoms with Gasteiger partial charge in [0.25, 0.3) is 0 Å². The first-order valence-electron chi connectivity index (χ1n) is 6.08. The number of nitrogens with two attached hydrogens (primary N) is 1. The van der Waals surface area contributed by atoms with Crippen molar-refractivity contribution in [3.63, 3.8) is 0 Å². The summed E-state index contributed by atoms with van der Waals surface area (Å²) >= 11 is 0. The quantitative estimate of drug-likeness (QED) is 0.658. The first-order chi connectivity index (χ1) is 8.18. The predicted molar refractivity (Wildman–Crippen MR) is 66.4 cm³/mol. The van der Waals surface area contributed by atoms with Gasteiger partial charge in [-0.2, -0.15) is 0 Å². The lowest BCUT2D eigenvalue weighted by Gasteiger charge is -2.37. The zero-order chi connectivity index (χ0) is 14.1. The Bertz CT molecular complexity index is 373. The molecular weight excluding hydrogens is 234 g/mol. The van der Waals surface area contributed by atoms with Gasteiger partial charge < -0.3 is 10.6 Å². The molecule has 0 aromatic rings. The van der Waals surface area contributed by atoms with Crippen LogP contribution in [0.4, 0.5) is 0 Å². The lowest BCUT2D eigenvalue weighted by Crippen LogP contribution is -2.63. The monoisotopic (exact) mass is 255 g/mol. The van der Waals surface area contributed by atoms with E-state index in [-0.39, 0.29) is 12.5 Å². The van der Waals surface area contributed by atoms with Gasteiger partial charge in [0.2, 0.25) is 17.7 Å². The molecule has 0 saturated carbocycles. The third-order valence-corrected chi connectivity index (χ3v) is 3.12. The molecule has 1 heterocycles. The molecule has 1 saturated heterocycles. The van der Waals surface area contributed by atoms with Crippen LogP contribution in [0.5, 0.6) is 0 Å². The maximum atomic E-state index is 12.3. The number of nitrogens with one attached hydrogen (secondary N) is 1. The second-order valence-corrected chi connectivity index (χ2v) is 5.65. The first kappa shape index (κ1) is 14.6. The molecule has 1 fully saturated rings. The summed E-state index contributed by atoms with van der Waals surface area (Å²) < 4.78 is 0. The minimum absolute atomic E-state index is 0.104. The Morgan fingerprint density at radius 2 is 2.06 bits per heavy atom. The Hall–Kier alpha value is -1.43. The molecule has 3 amide bonds. The normalized spacial score (nSPS) is 22.7. The molecule has 102 valence electrons. The van der Waals surface area contributed by atoms with Gasteiger partial charge in [0.15, 0.2) is 0 Å². The standard InChI is InChI=1S/C12H21N3O3/c1-5-7-10(17)14-8(16)6-15(7)11(18)9(13)12(2,3)4/h7,9H,5-6,13H2,1-4H3,(H,14,16,17). The van der Waals surface area contributed by atoms with Crippen LogP contribution >= 0.6 is 0 Å². The van der Waals surface area contributed by atoms with Gasteiger partial charge in [0.1, 0.15) is 12.6 Å². The lowest BCUT2D eigenvalue weighted by atomic mass is 9.86. The molecule has 1 aliphatic rings. The van der Waals surface area contributed by atoms with Crippen LogP contribution in [0.3, 0.4) is 0 Å². The van der Waals surface area contributed by atoms with E-state index >= 15 is 0 Å². The highest BCUT2D eigenvalue weighted by Crippen LogP contribution is 2.21. The average Bonchev–Trinajstić information content (AvgIpc) is 2.24. The van der Waals surface area contributed by atoms with Crippen molar-refractivity contribution in [3.8, 4) is 0 Å². The molecule has 6 nitrogen and oxygen atoms in total. The van der Waals surface area contributed by atoms with Gasteiger partial charge in [0.05, 0.1) is 6.04 Å². The number of amides is 3. The third kappa shape index (κ3) is 2.87. The van der Waals surface area contributed by atoms with Crippen molar-refractivity contribution in [2.24, 2.45) is 11.1 Å². The van der Waals surface area contributed by atoms with Crippen LogP contribution in [0.25, 0.3) is 0 Å². The van der Waals surface area contributed by atoms with E-state index < -0.39 is 29.3 Å². The summed E-state index contributed by atoms with van der Waals surface area (Å²) in [5.74, 6) is -1.24. The predicted octanol–water partition coefficient (Wildman–Crippen LogP) is -0.377. The molecule has 3 N–H and O–H groups in total. The second-order valence-electron chi connectivity index (χ2n) is 5.65. The zero-order valence-corrected chi connectivity index (χ0v) is 11.3. The number of hydrogen-bond acceptors (Lipinski definition) is 4. The molecule has 0 aromatic carbocycles. The average molecular weight is 255 g/mol. The number of imide groups is 1. The van der Waals surface area contributed by atoms with Gasteiger partial charge in [-0.15, -0.1) is 0 Å². The molecule has 2 unspecified atom stereocenters. The minimum Gasteiger partial charge on any atom is -0.320 e. The second kappa shape index (κ2) is 5.06. The highest BCUT2D eigenvalue weighted by molar-refractivity contribution is 6.04. The highest BCUT2D eigenvalue weighted by atomic mass is 16.2. The molecular formula is C12H21N3O3.